The molecule has 3 aliphatic heterocycles. The van der Waals surface area contributed by atoms with Crippen molar-refractivity contribution in [2.75, 3.05) is 20.3 Å². The molecule has 11 unspecified atom stereocenters. The van der Waals surface area contributed by atoms with Gasteiger partial charge >= 0.3 is 17.9 Å². The molecule has 11 atom stereocenters. The summed E-state index contributed by atoms with van der Waals surface area (Å²) in [5.41, 5.74) is -4.23. The monoisotopic (exact) mass is 562 g/mol. The van der Waals surface area contributed by atoms with Gasteiger partial charge < -0.3 is 39.0 Å². The molecular formula is C28H34O12. The first kappa shape index (κ1) is 27.4. The largest absolute Gasteiger partial charge is 0.504 e. The molecule has 218 valence electrons. The second kappa shape index (κ2) is 8.37. The quantitative estimate of drug-likeness (QED) is 0.185. The van der Waals surface area contributed by atoms with Gasteiger partial charge in [-0.1, -0.05) is 6.92 Å². The zero-order valence-electron chi connectivity index (χ0n) is 23.0. The van der Waals surface area contributed by atoms with E-state index in [2.05, 4.69) is 0 Å². The molecule has 3 saturated heterocycles. The Bertz CT molecular complexity index is 1280. The van der Waals surface area contributed by atoms with Crippen LogP contribution in [0, 0.1) is 28.6 Å². The van der Waals surface area contributed by atoms with Crippen LogP contribution in [0.15, 0.2) is 23.0 Å². The fraction of sp³-hybridized carbons (Fsp3) is 0.714. The Hall–Kier alpha value is -2.80. The van der Waals surface area contributed by atoms with Crippen molar-refractivity contribution >= 4 is 23.7 Å². The Kier molecular flexibility index (Phi) is 5.73. The molecule has 0 aromatic carbocycles. The highest BCUT2D eigenvalue weighted by Crippen LogP contribution is 2.72. The van der Waals surface area contributed by atoms with E-state index in [0.717, 1.165) is 7.11 Å². The molecule has 0 amide bonds. The number of carbonyl (C=O) groups excluding carboxylic acids is 4. The van der Waals surface area contributed by atoms with Gasteiger partial charge in [0.2, 0.25) is 11.7 Å². The number of methoxy groups -OCH3 is 1. The van der Waals surface area contributed by atoms with Crippen molar-refractivity contribution in [3.05, 3.63) is 23.0 Å². The number of esters is 3. The van der Waals surface area contributed by atoms with Crippen molar-refractivity contribution < 1.29 is 58.2 Å². The molecule has 0 aromatic heterocycles. The van der Waals surface area contributed by atoms with Crippen LogP contribution in [0.4, 0.5) is 0 Å². The number of rotatable bonds is 4. The predicted octanol–water partition coefficient (Wildman–Crippen LogP) is 0.286. The third kappa shape index (κ3) is 3.16. The standard InChI is InChI=1S/C28H34O12/c1-11(26(4)9-37-26)6-16(30)40-19-21-27-10-38-28(21,24(35)36-5)22(33)18(32)20(27)25(3)8-14(29)17(31)12(2)13(25)7-15(27)39-23(19)34/h6,13,15,18-22,31-33H,7-10H2,1-5H3/b11-6+. The van der Waals surface area contributed by atoms with Crippen molar-refractivity contribution in [1.29, 1.82) is 0 Å². The smallest absolute Gasteiger partial charge is 0.348 e. The van der Waals surface area contributed by atoms with E-state index in [9.17, 15) is 34.5 Å². The van der Waals surface area contributed by atoms with E-state index in [1.54, 1.807) is 27.7 Å². The van der Waals surface area contributed by atoms with Gasteiger partial charge in [-0.3, -0.25) is 4.79 Å². The highest BCUT2D eigenvalue weighted by molar-refractivity contribution is 5.95. The maximum absolute atomic E-state index is 13.6. The van der Waals surface area contributed by atoms with Gasteiger partial charge in [-0.05, 0) is 49.7 Å². The van der Waals surface area contributed by atoms with Crippen LogP contribution in [-0.4, -0.2) is 95.0 Å². The molecule has 2 saturated carbocycles. The lowest BCUT2D eigenvalue weighted by atomic mass is 9.38. The Labute approximate surface area is 230 Å². The summed E-state index contributed by atoms with van der Waals surface area (Å²) in [6.45, 7) is 7.09. The number of ketones is 1. The maximum atomic E-state index is 13.6. The Balaban J connectivity index is 1.51. The van der Waals surface area contributed by atoms with E-state index >= 15 is 0 Å². The lowest BCUT2D eigenvalue weighted by molar-refractivity contribution is -0.290. The summed E-state index contributed by atoms with van der Waals surface area (Å²) in [5.74, 6) is -6.43. The third-order valence-corrected chi connectivity index (χ3v) is 10.8. The number of hydrogen-bond donors (Lipinski definition) is 3. The molecule has 3 aliphatic carbocycles. The maximum Gasteiger partial charge on any atom is 0.348 e. The van der Waals surface area contributed by atoms with E-state index in [0.29, 0.717) is 17.8 Å². The van der Waals surface area contributed by atoms with E-state index in [4.69, 9.17) is 23.7 Å². The normalized spacial score (nSPS) is 49.1. The molecule has 6 rings (SSSR count). The number of allylic oxidation sites excluding steroid dienone is 2. The topological polar surface area (TPSA) is 178 Å². The average molecular weight is 563 g/mol. The average Bonchev–Trinajstić information content (AvgIpc) is 3.58. The summed E-state index contributed by atoms with van der Waals surface area (Å²) in [6, 6.07) is 0. The first-order valence-corrected chi connectivity index (χ1v) is 13.4. The van der Waals surface area contributed by atoms with Gasteiger partial charge in [0.1, 0.15) is 17.8 Å². The number of hydrogen-bond acceptors (Lipinski definition) is 12. The zero-order valence-corrected chi connectivity index (χ0v) is 23.0. The molecule has 6 aliphatic rings. The molecular weight excluding hydrogens is 528 g/mol. The summed E-state index contributed by atoms with van der Waals surface area (Å²) in [5, 5.41) is 33.8. The minimum absolute atomic E-state index is 0.152. The summed E-state index contributed by atoms with van der Waals surface area (Å²) >= 11 is 0. The number of Topliss-reactive ketones (excluding diaryl/α,β-unsaturated/α-hetero) is 1. The van der Waals surface area contributed by atoms with Crippen molar-refractivity contribution in [3.8, 4) is 0 Å². The highest BCUT2D eigenvalue weighted by Gasteiger charge is 2.85. The van der Waals surface area contributed by atoms with E-state index in [-0.39, 0.29) is 25.2 Å². The number of epoxide rings is 1. The first-order chi connectivity index (χ1) is 18.7. The highest BCUT2D eigenvalue weighted by atomic mass is 16.6. The zero-order chi connectivity index (χ0) is 29.2. The predicted molar refractivity (Wildman–Crippen MR) is 131 cm³/mol. The van der Waals surface area contributed by atoms with Crippen LogP contribution >= 0.6 is 0 Å². The van der Waals surface area contributed by atoms with Gasteiger partial charge in [-0.25, -0.2) is 14.4 Å². The SMILES string of the molecule is COC(=O)C12OCC34C(CC5C(C)=C(O)C(=O)CC5(C)C3C(O)C1O)OC(=O)C(OC(=O)/C=C(\C)C1(C)CO1)C24. The van der Waals surface area contributed by atoms with Crippen LogP contribution in [0.3, 0.4) is 0 Å². The second-order valence-corrected chi connectivity index (χ2v) is 12.6. The molecule has 2 bridgehead atoms. The molecule has 40 heavy (non-hydrogen) atoms. The molecule has 0 radical (unpaired) electrons. The van der Waals surface area contributed by atoms with E-state index in [1.165, 1.54) is 6.08 Å². The second-order valence-electron chi connectivity index (χ2n) is 12.6. The van der Waals surface area contributed by atoms with Crippen LogP contribution < -0.4 is 0 Å². The lowest BCUT2D eigenvalue weighted by Gasteiger charge is -2.67. The third-order valence-electron chi connectivity index (χ3n) is 10.8. The molecule has 3 heterocycles. The Morgan fingerprint density at radius 2 is 1.77 bits per heavy atom. The van der Waals surface area contributed by atoms with Gasteiger partial charge in [0.05, 0.1) is 32.3 Å². The Morgan fingerprint density at radius 3 is 2.40 bits per heavy atom. The molecule has 12 heteroatoms. The molecule has 0 aromatic rings. The van der Waals surface area contributed by atoms with E-state index in [1.807, 2.05) is 0 Å². The van der Waals surface area contributed by atoms with E-state index < -0.39 is 87.9 Å². The Morgan fingerprint density at radius 1 is 1.10 bits per heavy atom. The lowest BCUT2D eigenvalue weighted by Crippen LogP contribution is -2.79. The first-order valence-electron chi connectivity index (χ1n) is 13.4. The van der Waals surface area contributed by atoms with Crippen molar-refractivity contribution in [1.82, 2.24) is 0 Å². The van der Waals surface area contributed by atoms with Crippen LogP contribution in [-0.2, 0) is 42.9 Å². The van der Waals surface area contributed by atoms with Gasteiger partial charge in [0, 0.05) is 23.8 Å². The summed E-state index contributed by atoms with van der Waals surface area (Å²) in [6.07, 6.45) is -4.90. The number of aliphatic hydroxyl groups is 3. The van der Waals surface area contributed by atoms with Crippen LogP contribution in [0.25, 0.3) is 0 Å². The number of carbonyl (C=O) groups is 4. The van der Waals surface area contributed by atoms with Gasteiger partial charge in [0.15, 0.2) is 11.5 Å². The summed E-state index contributed by atoms with van der Waals surface area (Å²) < 4.78 is 28.1. The van der Waals surface area contributed by atoms with Gasteiger partial charge in [-0.2, -0.15) is 0 Å². The number of aliphatic hydroxyl groups excluding tert-OH is 3. The van der Waals surface area contributed by atoms with Crippen molar-refractivity contribution in [3.63, 3.8) is 0 Å². The minimum Gasteiger partial charge on any atom is -0.504 e. The molecule has 1 spiro atoms. The van der Waals surface area contributed by atoms with Crippen LogP contribution in [0.1, 0.15) is 40.5 Å². The van der Waals surface area contributed by atoms with Crippen molar-refractivity contribution in [2.45, 2.75) is 76.2 Å². The van der Waals surface area contributed by atoms with Crippen molar-refractivity contribution in [2.24, 2.45) is 28.6 Å². The van der Waals surface area contributed by atoms with Gasteiger partial charge in [0.25, 0.3) is 0 Å². The van der Waals surface area contributed by atoms with Crippen LogP contribution in [0.5, 0.6) is 0 Å². The fourth-order valence-corrected chi connectivity index (χ4v) is 8.68. The summed E-state index contributed by atoms with van der Waals surface area (Å²) in [7, 11) is 1.09. The minimum atomic E-state index is -2.24. The molecule has 5 fully saturated rings. The molecule has 12 nitrogen and oxygen atoms in total. The fourth-order valence-electron chi connectivity index (χ4n) is 8.68. The number of ether oxygens (including phenoxy) is 5. The molecule has 3 N–H and O–H groups in total. The van der Waals surface area contributed by atoms with Crippen LogP contribution in [0.2, 0.25) is 0 Å². The summed E-state index contributed by atoms with van der Waals surface area (Å²) in [4.78, 5) is 53.0. The number of fused-ring (bicyclic) bond motifs is 2. The van der Waals surface area contributed by atoms with Gasteiger partial charge in [-0.15, -0.1) is 0 Å².